The Bertz CT molecular complexity index is 85.0. The van der Waals surface area contributed by atoms with Crippen LogP contribution in [0.1, 0.15) is 59.3 Å². The van der Waals surface area contributed by atoms with Gasteiger partial charge in [0.15, 0.2) is 0 Å². The van der Waals surface area contributed by atoms with E-state index < -0.39 is 0 Å². The van der Waals surface area contributed by atoms with E-state index in [0.717, 1.165) is 5.92 Å². The fraction of sp³-hybridized carbons (Fsp3) is 1.00. The van der Waals surface area contributed by atoms with E-state index in [2.05, 4.69) is 20.8 Å². The minimum Gasteiger partial charge on any atom is -0.123 e. The van der Waals surface area contributed by atoms with Gasteiger partial charge in [-0.2, -0.15) is 0 Å². The normalized spacial score (nSPS) is 13.8. The first-order valence-corrected chi connectivity index (χ1v) is 5.83. The largest absolute Gasteiger partial charge is 0.123 e. The predicted molar refractivity (Wildman–Crippen MR) is 57.9 cm³/mol. The van der Waals surface area contributed by atoms with E-state index in [4.69, 9.17) is 11.6 Å². The zero-order valence-electron chi connectivity index (χ0n) is 8.78. The molecule has 0 aromatic carbocycles. The average Bonchev–Trinajstić information content (AvgIpc) is 2.04. The Kier molecular flexibility index (Phi) is 8.11. The van der Waals surface area contributed by atoms with Crippen molar-refractivity contribution >= 4 is 11.6 Å². The summed E-state index contributed by atoms with van der Waals surface area (Å²) in [5, 5.41) is 0.426. The molecule has 1 heteroatoms. The van der Waals surface area contributed by atoms with Crippen molar-refractivity contribution in [3.05, 3.63) is 0 Å². The van der Waals surface area contributed by atoms with E-state index in [1.54, 1.807) is 0 Å². The first-order chi connectivity index (χ1) is 5.76. The van der Waals surface area contributed by atoms with Crippen LogP contribution in [-0.4, -0.2) is 5.38 Å². The van der Waals surface area contributed by atoms with Crippen molar-refractivity contribution in [2.75, 3.05) is 0 Å². The molecule has 74 valence electrons. The van der Waals surface area contributed by atoms with E-state index in [-0.39, 0.29) is 0 Å². The number of halogens is 1. The van der Waals surface area contributed by atoms with Crippen molar-refractivity contribution in [1.82, 2.24) is 0 Å². The summed E-state index contributed by atoms with van der Waals surface area (Å²) in [5.41, 5.74) is 0. The minimum atomic E-state index is 0.426. The Balaban J connectivity index is 3.72. The number of hydrogen-bond donors (Lipinski definition) is 0. The molecule has 0 rings (SSSR count). The molecular weight excluding hydrogens is 168 g/mol. The van der Waals surface area contributed by atoms with Crippen molar-refractivity contribution in [3.63, 3.8) is 0 Å². The van der Waals surface area contributed by atoms with Gasteiger partial charge in [-0.3, -0.25) is 0 Å². The van der Waals surface area contributed by atoms with Gasteiger partial charge in [0.05, 0.1) is 0 Å². The Labute approximate surface area is 82.7 Å². The van der Waals surface area contributed by atoms with Gasteiger partial charge in [-0.25, -0.2) is 0 Å². The molecule has 0 radical (unpaired) electrons. The van der Waals surface area contributed by atoms with Crippen LogP contribution in [0.3, 0.4) is 0 Å². The molecule has 1 unspecified atom stereocenters. The van der Waals surface area contributed by atoms with Crippen molar-refractivity contribution in [1.29, 1.82) is 0 Å². The quantitative estimate of drug-likeness (QED) is 0.515. The molecule has 0 aromatic rings. The van der Waals surface area contributed by atoms with Gasteiger partial charge >= 0.3 is 0 Å². The van der Waals surface area contributed by atoms with Crippen molar-refractivity contribution in [2.45, 2.75) is 64.7 Å². The second-order valence-corrected chi connectivity index (χ2v) is 4.20. The first-order valence-electron chi connectivity index (χ1n) is 5.40. The molecule has 0 fully saturated rings. The van der Waals surface area contributed by atoms with Gasteiger partial charge in [-0.1, -0.05) is 40.0 Å². The lowest BCUT2D eigenvalue weighted by Crippen LogP contribution is -2.14. The highest BCUT2D eigenvalue weighted by Gasteiger charge is 2.16. The van der Waals surface area contributed by atoms with Gasteiger partial charge in [0.2, 0.25) is 0 Å². The monoisotopic (exact) mass is 190 g/mol. The smallest absolute Gasteiger partial charge is 0.0364 e. The highest BCUT2D eigenvalue weighted by molar-refractivity contribution is 6.20. The van der Waals surface area contributed by atoms with E-state index >= 15 is 0 Å². The molecule has 0 aliphatic carbocycles. The Morgan fingerprint density at radius 3 is 1.58 bits per heavy atom. The summed E-state index contributed by atoms with van der Waals surface area (Å²) < 4.78 is 0. The molecule has 0 saturated carbocycles. The van der Waals surface area contributed by atoms with Crippen LogP contribution in [0.4, 0.5) is 0 Å². The zero-order chi connectivity index (χ0) is 9.40. The van der Waals surface area contributed by atoms with Gasteiger partial charge in [0, 0.05) is 5.38 Å². The summed E-state index contributed by atoms with van der Waals surface area (Å²) >= 11 is 6.30. The van der Waals surface area contributed by atoms with Crippen LogP contribution in [0.25, 0.3) is 0 Å². The Hall–Kier alpha value is 0.290. The van der Waals surface area contributed by atoms with Gasteiger partial charge < -0.3 is 0 Å². The maximum absolute atomic E-state index is 6.30. The summed E-state index contributed by atoms with van der Waals surface area (Å²) in [4.78, 5) is 0. The molecule has 0 aliphatic heterocycles. The highest BCUT2D eigenvalue weighted by atomic mass is 35.5. The van der Waals surface area contributed by atoms with Gasteiger partial charge in [-0.15, -0.1) is 11.6 Å². The second kappa shape index (κ2) is 7.91. The van der Waals surface area contributed by atoms with E-state index in [1.165, 1.54) is 38.5 Å². The van der Waals surface area contributed by atoms with Gasteiger partial charge in [0.1, 0.15) is 0 Å². The molecule has 12 heavy (non-hydrogen) atoms. The van der Waals surface area contributed by atoms with Crippen molar-refractivity contribution in [2.24, 2.45) is 5.92 Å². The lowest BCUT2D eigenvalue weighted by molar-refractivity contribution is 0.405. The fourth-order valence-corrected chi connectivity index (χ4v) is 2.23. The van der Waals surface area contributed by atoms with Crippen LogP contribution < -0.4 is 0 Å². The third kappa shape index (κ3) is 5.03. The summed E-state index contributed by atoms with van der Waals surface area (Å²) in [6.45, 7) is 6.71. The molecule has 0 spiro atoms. The molecular formula is C11H23Cl. The molecule has 0 amide bonds. The van der Waals surface area contributed by atoms with Crippen LogP contribution in [0, 0.1) is 5.92 Å². The number of alkyl halides is 1. The number of hydrogen-bond acceptors (Lipinski definition) is 0. The lowest BCUT2D eigenvalue weighted by Gasteiger charge is -2.20. The molecule has 0 aliphatic rings. The standard InChI is InChI=1S/C11H23Cl/c1-4-7-10(8-5-2)11(12)9-6-3/h10-11H,4-9H2,1-3H3. The Morgan fingerprint density at radius 2 is 1.25 bits per heavy atom. The van der Waals surface area contributed by atoms with Crippen LogP contribution in [-0.2, 0) is 0 Å². The molecule has 0 saturated heterocycles. The van der Waals surface area contributed by atoms with Gasteiger partial charge in [0.25, 0.3) is 0 Å². The van der Waals surface area contributed by atoms with Crippen LogP contribution in [0.2, 0.25) is 0 Å². The maximum Gasteiger partial charge on any atom is 0.0364 e. The third-order valence-corrected chi connectivity index (χ3v) is 2.97. The van der Waals surface area contributed by atoms with Crippen LogP contribution >= 0.6 is 11.6 Å². The van der Waals surface area contributed by atoms with E-state index in [0.29, 0.717) is 5.38 Å². The van der Waals surface area contributed by atoms with Crippen LogP contribution in [0.5, 0.6) is 0 Å². The van der Waals surface area contributed by atoms with E-state index in [1.807, 2.05) is 0 Å². The lowest BCUT2D eigenvalue weighted by atomic mass is 9.92. The minimum absolute atomic E-state index is 0.426. The van der Waals surface area contributed by atoms with Gasteiger partial charge in [-0.05, 0) is 25.2 Å². The molecule has 0 aromatic heterocycles. The number of rotatable bonds is 7. The Morgan fingerprint density at radius 1 is 0.833 bits per heavy atom. The SMILES string of the molecule is CCCC(Cl)C(CCC)CCC. The summed E-state index contributed by atoms with van der Waals surface area (Å²) in [6, 6.07) is 0. The topological polar surface area (TPSA) is 0 Å². The summed E-state index contributed by atoms with van der Waals surface area (Å²) in [6.07, 6.45) is 7.57. The summed E-state index contributed by atoms with van der Waals surface area (Å²) in [5.74, 6) is 0.765. The summed E-state index contributed by atoms with van der Waals surface area (Å²) in [7, 11) is 0. The average molecular weight is 191 g/mol. The molecule has 0 bridgehead atoms. The highest BCUT2D eigenvalue weighted by Crippen LogP contribution is 2.25. The maximum atomic E-state index is 6.30. The molecule has 0 N–H and O–H groups in total. The fourth-order valence-electron chi connectivity index (χ4n) is 1.76. The molecule has 0 heterocycles. The van der Waals surface area contributed by atoms with Crippen LogP contribution in [0.15, 0.2) is 0 Å². The third-order valence-electron chi connectivity index (χ3n) is 2.39. The zero-order valence-corrected chi connectivity index (χ0v) is 9.53. The van der Waals surface area contributed by atoms with Crippen molar-refractivity contribution in [3.8, 4) is 0 Å². The molecule has 0 nitrogen and oxygen atoms in total. The predicted octanol–water partition coefficient (Wildman–Crippen LogP) is 4.61. The van der Waals surface area contributed by atoms with Crippen molar-refractivity contribution < 1.29 is 0 Å². The first kappa shape index (κ1) is 12.3. The van der Waals surface area contributed by atoms with E-state index in [9.17, 15) is 0 Å². The second-order valence-electron chi connectivity index (χ2n) is 3.64. The molecule has 1 atom stereocenters.